The number of rotatable bonds is 5. The molecule has 0 aliphatic heterocycles. The largest absolute Gasteiger partial charge is 0.458 e. The summed E-state index contributed by atoms with van der Waals surface area (Å²) in [6.07, 6.45) is 5.28. The van der Waals surface area contributed by atoms with Crippen molar-refractivity contribution in [3.05, 3.63) is 95.1 Å². The molecule has 2 fully saturated rings. The van der Waals surface area contributed by atoms with Gasteiger partial charge in [-0.25, -0.2) is 23.1 Å². The zero-order chi connectivity index (χ0) is 28.1. The third-order valence-electron chi connectivity index (χ3n) is 9.49. The van der Waals surface area contributed by atoms with Gasteiger partial charge in [-0.15, -0.1) is 0 Å². The Labute approximate surface area is 234 Å². The quantitative estimate of drug-likeness (QED) is 0.320. The maximum Gasteiger partial charge on any atom is 0.343 e. The van der Waals surface area contributed by atoms with Gasteiger partial charge in [-0.05, 0) is 104 Å². The summed E-state index contributed by atoms with van der Waals surface area (Å²) in [5, 5.41) is 5.35. The van der Waals surface area contributed by atoms with Gasteiger partial charge < -0.3 is 9.47 Å². The first-order valence-corrected chi connectivity index (χ1v) is 15.4. The number of aryl methyl sites for hydroxylation is 1. The van der Waals surface area contributed by atoms with Gasteiger partial charge in [0.15, 0.2) is 0 Å². The van der Waals surface area contributed by atoms with Crippen LogP contribution in [-0.2, 0) is 21.2 Å². The van der Waals surface area contributed by atoms with E-state index in [-0.39, 0.29) is 27.9 Å². The molecule has 7 nitrogen and oxygen atoms in total. The van der Waals surface area contributed by atoms with E-state index < -0.39 is 16.0 Å². The summed E-state index contributed by atoms with van der Waals surface area (Å²) in [6, 6.07) is 21.0. The molecule has 0 unspecified atom stereocenters. The number of ether oxygens (including phenoxy) is 2. The maximum atomic E-state index is 13.2. The molecule has 0 amide bonds. The molecule has 40 heavy (non-hydrogen) atoms. The minimum atomic E-state index is -4.05. The second-order valence-electron chi connectivity index (χ2n) is 11.6. The van der Waals surface area contributed by atoms with Crippen LogP contribution in [-0.4, -0.2) is 26.5 Å². The molecule has 0 saturated heterocycles. The predicted molar refractivity (Wildman–Crippen MR) is 149 cm³/mol. The van der Waals surface area contributed by atoms with Crippen molar-refractivity contribution in [1.82, 2.24) is 0 Å². The van der Waals surface area contributed by atoms with Crippen molar-refractivity contribution in [1.29, 1.82) is 0 Å². The molecule has 5 atom stereocenters. The summed E-state index contributed by atoms with van der Waals surface area (Å²) in [5.41, 5.74) is 2.91. The van der Waals surface area contributed by atoms with Crippen molar-refractivity contribution >= 4 is 22.0 Å². The highest BCUT2D eigenvalue weighted by Crippen LogP contribution is 2.61. The zero-order valence-electron chi connectivity index (χ0n) is 22.4. The Balaban J connectivity index is 1.18. The van der Waals surface area contributed by atoms with E-state index in [4.69, 9.17) is 14.6 Å². The summed E-state index contributed by atoms with van der Waals surface area (Å²) in [5.74, 6) is 0.870. The van der Waals surface area contributed by atoms with Crippen molar-refractivity contribution in [2.75, 3.05) is 0 Å². The van der Waals surface area contributed by atoms with Crippen LogP contribution in [0.15, 0.2) is 77.7 Å². The number of hydrogen-bond acceptors (Lipinski definition) is 6. The molecule has 3 aromatic carbocycles. The van der Waals surface area contributed by atoms with Crippen LogP contribution in [0.4, 0.5) is 0 Å². The normalized spacial score (nSPS) is 27.1. The number of esters is 2. The third-order valence-corrected chi connectivity index (χ3v) is 10.5. The van der Waals surface area contributed by atoms with Gasteiger partial charge in [0, 0.05) is 5.41 Å². The first kappa shape index (κ1) is 26.7. The lowest BCUT2D eigenvalue weighted by Gasteiger charge is -2.50. The molecule has 2 N–H and O–H groups in total. The number of fused-ring (bicyclic) bond motifs is 5. The second kappa shape index (κ2) is 10.2. The van der Waals surface area contributed by atoms with Gasteiger partial charge in [0.2, 0.25) is 10.0 Å². The monoisotopic (exact) mass is 559 g/mol. The lowest BCUT2D eigenvalue weighted by molar-refractivity contribution is -0.0430. The van der Waals surface area contributed by atoms with E-state index in [1.807, 2.05) is 30.3 Å². The van der Waals surface area contributed by atoms with Gasteiger partial charge in [0.1, 0.15) is 11.9 Å². The van der Waals surface area contributed by atoms with E-state index in [0.29, 0.717) is 29.1 Å². The number of sulfonamides is 1. The Morgan fingerprint density at radius 2 is 1.65 bits per heavy atom. The van der Waals surface area contributed by atoms with Crippen LogP contribution in [0.1, 0.15) is 76.8 Å². The number of carbonyl (C=O) groups is 2. The average molecular weight is 560 g/mol. The molecule has 6 rings (SSSR count). The van der Waals surface area contributed by atoms with Crippen LogP contribution >= 0.6 is 0 Å². The average Bonchev–Trinajstić information content (AvgIpc) is 3.28. The van der Waals surface area contributed by atoms with E-state index in [2.05, 4.69) is 13.0 Å². The molecule has 3 aliphatic rings. The smallest absolute Gasteiger partial charge is 0.343 e. The first-order chi connectivity index (χ1) is 19.1. The summed E-state index contributed by atoms with van der Waals surface area (Å²) in [7, 11) is -4.05. The number of benzene rings is 3. The van der Waals surface area contributed by atoms with Crippen LogP contribution in [0, 0.1) is 17.3 Å². The van der Waals surface area contributed by atoms with Gasteiger partial charge in [0.05, 0.1) is 16.0 Å². The number of hydrogen-bond donors (Lipinski definition) is 1. The van der Waals surface area contributed by atoms with Crippen molar-refractivity contribution in [2.24, 2.45) is 22.4 Å². The van der Waals surface area contributed by atoms with Crippen molar-refractivity contribution in [3.8, 4) is 5.75 Å². The first-order valence-electron chi connectivity index (χ1n) is 13.9. The Kier molecular flexibility index (Phi) is 6.79. The fourth-order valence-corrected chi connectivity index (χ4v) is 8.31. The Morgan fingerprint density at radius 3 is 2.42 bits per heavy atom. The van der Waals surface area contributed by atoms with Gasteiger partial charge in [-0.2, -0.15) is 0 Å². The Morgan fingerprint density at radius 1 is 0.900 bits per heavy atom. The molecule has 0 spiro atoms. The highest BCUT2D eigenvalue weighted by Gasteiger charge is 2.56. The second-order valence-corrected chi connectivity index (χ2v) is 13.1. The van der Waals surface area contributed by atoms with Crippen LogP contribution in [0.3, 0.4) is 0 Å². The van der Waals surface area contributed by atoms with Gasteiger partial charge >= 0.3 is 11.9 Å². The fourth-order valence-electron chi connectivity index (χ4n) is 7.58. The topological polar surface area (TPSA) is 113 Å². The third kappa shape index (κ3) is 4.73. The highest BCUT2D eigenvalue weighted by molar-refractivity contribution is 7.89. The minimum absolute atomic E-state index is 0.0129. The van der Waals surface area contributed by atoms with Gasteiger partial charge in [-0.1, -0.05) is 43.3 Å². The molecular weight excluding hydrogens is 526 g/mol. The molecular formula is C32H33NO6S. The maximum absolute atomic E-state index is 13.2. The molecule has 0 radical (unpaired) electrons. The molecule has 8 heteroatoms. The van der Waals surface area contributed by atoms with E-state index in [1.54, 1.807) is 24.3 Å². The van der Waals surface area contributed by atoms with E-state index in [1.165, 1.54) is 23.3 Å². The summed E-state index contributed by atoms with van der Waals surface area (Å²) in [6.45, 7) is 2.23. The zero-order valence-corrected chi connectivity index (χ0v) is 23.2. The molecule has 0 aromatic heterocycles. The van der Waals surface area contributed by atoms with Crippen LogP contribution in [0.2, 0.25) is 0 Å². The van der Waals surface area contributed by atoms with E-state index >= 15 is 0 Å². The minimum Gasteiger partial charge on any atom is -0.458 e. The lowest BCUT2D eigenvalue weighted by atomic mass is 9.55. The van der Waals surface area contributed by atoms with Crippen molar-refractivity contribution in [2.45, 2.75) is 62.4 Å². The molecule has 0 bridgehead atoms. The lowest BCUT2D eigenvalue weighted by Crippen LogP contribution is -2.45. The van der Waals surface area contributed by atoms with Crippen LogP contribution in [0.25, 0.3) is 0 Å². The Hall–Kier alpha value is -3.49. The van der Waals surface area contributed by atoms with Crippen molar-refractivity contribution in [3.63, 3.8) is 0 Å². The molecule has 2 saturated carbocycles. The summed E-state index contributed by atoms with van der Waals surface area (Å²) >= 11 is 0. The van der Waals surface area contributed by atoms with Crippen LogP contribution < -0.4 is 9.88 Å². The highest BCUT2D eigenvalue weighted by atomic mass is 32.2. The molecule has 0 heterocycles. The standard InChI is InChI=1S/C32H33NO6S/c1-32-18-17-24-23-14-12-22(38-30(34)20-7-3-2-4-8-20)19-21(23)11-13-25(24)27(32)15-16-29(32)39-31(35)26-9-5-6-10-28(26)40(33,36)37/h2-10,12,14,19,24-25,27,29H,11,13,15-18H2,1H3,(H2,33,36,37)/t24-,25-,27+,29+,32+/m1/s1. The SMILES string of the molecule is C[C@]12CC[C@@H]3c4ccc(OC(=O)c5ccccc5)cc4CC[C@H]3[C@@H]1CC[C@@H]2OC(=O)c1ccccc1S(N)(=O)=O. The van der Waals surface area contributed by atoms with Crippen LogP contribution in [0.5, 0.6) is 5.75 Å². The number of carbonyl (C=O) groups excluding carboxylic acids is 2. The molecule has 3 aliphatic carbocycles. The van der Waals surface area contributed by atoms with Gasteiger partial charge in [0.25, 0.3) is 0 Å². The molecule has 3 aromatic rings. The number of primary sulfonamides is 1. The number of nitrogens with two attached hydrogens (primary N) is 1. The summed E-state index contributed by atoms with van der Waals surface area (Å²) in [4.78, 5) is 25.5. The Bertz CT molecular complexity index is 1570. The molecule has 208 valence electrons. The predicted octanol–water partition coefficient (Wildman–Crippen LogP) is 5.63. The summed E-state index contributed by atoms with van der Waals surface area (Å²) < 4.78 is 35.8. The van der Waals surface area contributed by atoms with E-state index in [0.717, 1.165) is 38.5 Å². The van der Waals surface area contributed by atoms with E-state index in [9.17, 15) is 18.0 Å². The van der Waals surface area contributed by atoms with Gasteiger partial charge in [-0.3, -0.25) is 0 Å². The fraction of sp³-hybridized carbons (Fsp3) is 0.375. The van der Waals surface area contributed by atoms with Crippen molar-refractivity contribution < 1.29 is 27.5 Å².